The molecule has 0 atom stereocenters. The first kappa shape index (κ1) is 9.27. The second kappa shape index (κ2) is 4.27. The molecule has 0 spiro atoms. The fraction of sp³-hybridized carbons (Fsp3) is 0.100. The molecule has 0 radical (unpaired) electrons. The van der Waals surface area contributed by atoms with Gasteiger partial charge >= 0.3 is 0 Å². The molecule has 0 N–H and O–H groups in total. The molecule has 3 heteroatoms. The van der Waals surface area contributed by atoms with Crippen LogP contribution >= 0.6 is 0 Å². The molecule has 0 heterocycles. The molecule has 1 aromatic rings. The predicted octanol–water partition coefficient (Wildman–Crippen LogP) is 1.38. The number of carbonyl (C=O) groups excluding carboxylic acids is 1. The molecule has 0 aliphatic heterocycles. The summed E-state index contributed by atoms with van der Waals surface area (Å²) in [6, 6.07) is 4.26. The summed E-state index contributed by atoms with van der Waals surface area (Å²) in [5.74, 6) is 4.43. The Morgan fingerprint density at radius 1 is 1.54 bits per heavy atom. The van der Waals surface area contributed by atoms with E-state index in [0.29, 0.717) is 12.0 Å². The van der Waals surface area contributed by atoms with Gasteiger partial charge in [0.2, 0.25) is 0 Å². The minimum Gasteiger partial charge on any atom is -0.497 e. The molecule has 0 saturated carbocycles. The van der Waals surface area contributed by atoms with Crippen molar-refractivity contribution in [2.75, 3.05) is 7.11 Å². The van der Waals surface area contributed by atoms with Crippen LogP contribution in [0.15, 0.2) is 18.2 Å². The van der Waals surface area contributed by atoms with E-state index in [1.54, 1.807) is 6.07 Å². The zero-order chi connectivity index (χ0) is 9.68. The first-order valence-corrected chi connectivity index (χ1v) is 3.56. The number of hydrogen-bond acceptors (Lipinski definition) is 2. The maximum Gasteiger partial charge on any atom is 0.193 e. The highest BCUT2D eigenvalue weighted by atomic mass is 19.1. The van der Waals surface area contributed by atoms with Crippen molar-refractivity contribution in [1.82, 2.24) is 0 Å². The standard InChI is InChI=1S/C10H7FO2/c1-13-9-5-4-8(3-2-6-12)10(11)7-9/h4-7H,1H3. The minimum absolute atomic E-state index is 0.188. The monoisotopic (exact) mass is 178 g/mol. The van der Waals surface area contributed by atoms with Gasteiger partial charge in [-0.05, 0) is 18.1 Å². The second-order valence-electron chi connectivity index (χ2n) is 2.23. The Labute approximate surface area is 75.3 Å². The zero-order valence-corrected chi connectivity index (χ0v) is 7.00. The van der Waals surface area contributed by atoms with Crippen LogP contribution < -0.4 is 4.74 Å². The highest BCUT2D eigenvalue weighted by molar-refractivity contribution is 5.74. The molecule has 0 unspecified atom stereocenters. The number of hydrogen-bond donors (Lipinski definition) is 0. The molecule has 0 bridgehead atoms. The number of ether oxygens (including phenoxy) is 1. The Balaban J connectivity index is 3.05. The van der Waals surface area contributed by atoms with Gasteiger partial charge in [0, 0.05) is 6.07 Å². The first-order valence-electron chi connectivity index (χ1n) is 3.56. The summed E-state index contributed by atoms with van der Waals surface area (Å²) in [7, 11) is 1.45. The number of rotatable bonds is 1. The maximum absolute atomic E-state index is 13.1. The van der Waals surface area contributed by atoms with E-state index < -0.39 is 5.82 Å². The Morgan fingerprint density at radius 3 is 2.85 bits per heavy atom. The smallest absolute Gasteiger partial charge is 0.193 e. The normalized spacial score (nSPS) is 8.46. The molecule has 66 valence electrons. The average molecular weight is 178 g/mol. The molecule has 13 heavy (non-hydrogen) atoms. The fourth-order valence-electron chi connectivity index (χ4n) is 0.831. The van der Waals surface area contributed by atoms with E-state index in [-0.39, 0.29) is 5.56 Å². The van der Waals surface area contributed by atoms with Gasteiger partial charge in [0.05, 0.1) is 12.7 Å². The third-order valence-corrected chi connectivity index (χ3v) is 1.44. The predicted molar refractivity (Wildman–Crippen MR) is 45.9 cm³/mol. The summed E-state index contributed by atoms with van der Waals surface area (Å²) < 4.78 is 17.9. The van der Waals surface area contributed by atoms with E-state index >= 15 is 0 Å². The van der Waals surface area contributed by atoms with Crippen LogP contribution in [-0.4, -0.2) is 13.4 Å². The summed E-state index contributed by atoms with van der Waals surface area (Å²) in [5.41, 5.74) is 0.188. The van der Waals surface area contributed by atoms with Gasteiger partial charge in [-0.2, -0.15) is 0 Å². The van der Waals surface area contributed by atoms with Gasteiger partial charge in [-0.25, -0.2) is 4.39 Å². The largest absolute Gasteiger partial charge is 0.497 e. The van der Waals surface area contributed by atoms with Gasteiger partial charge in [-0.1, -0.05) is 5.92 Å². The lowest BCUT2D eigenvalue weighted by molar-refractivity contribution is -0.103. The molecular formula is C10H7FO2. The molecule has 1 rings (SSSR count). The summed E-state index contributed by atoms with van der Waals surface area (Å²) in [6.07, 6.45) is 0.420. The van der Waals surface area contributed by atoms with Crippen molar-refractivity contribution in [3.8, 4) is 17.6 Å². The van der Waals surface area contributed by atoms with Crippen molar-refractivity contribution in [3.63, 3.8) is 0 Å². The number of benzene rings is 1. The molecule has 1 aromatic carbocycles. The molecule has 0 aromatic heterocycles. The Kier molecular flexibility index (Phi) is 3.04. The van der Waals surface area contributed by atoms with Crippen LogP contribution in [0, 0.1) is 17.7 Å². The lowest BCUT2D eigenvalue weighted by Gasteiger charge is -1.99. The van der Waals surface area contributed by atoms with Crippen molar-refractivity contribution in [2.45, 2.75) is 0 Å². The van der Waals surface area contributed by atoms with Gasteiger partial charge in [0.1, 0.15) is 11.6 Å². The van der Waals surface area contributed by atoms with Crippen LogP contribution in [0.4, 0.5) is 4.39 Å². The highest BCUT2D eigenvalue weighted by Gasteiger charge is 2.00. The van der Waals surface area contributed by atoms with E-state index in [0.717, 1.165) is 0 Å². The molecule has 0 fully saturated rings. The third kappa shape index (κ3) is 2.31. The minimum atomic E-state index is -0.492. The van der Waals surface area contributed by atoms with E-state index in [1.807, 2.05) is 0 Å². The second-order valence-corrected chi connectivity index (χ2v) is 2.23. The Morgan fingerprint density at radius 2 is 2.31 bits per heavy atom. The van der Waals surface area contributed by atoms with Crippen LogP contribution in [0.1, 0.15) is 5.56 Å². The van der Waals surface area contributed by atoms with Gasteiger partial charge in [0.15, 0.2) is 6.29 Å². The fourth-order valence-corrected chi connectivity index (χ4v) is 0.831. The lowest BCUT2D eigenvalue weighted by atomic mass is 10.2. The summed E-state index contributed by atoms with van der Waals surface area (Å²) in [4.78, 5) is 9.89. The Hall–Kier alpha value is -1.82. The number of halogens is 1. The number of aldehydes is 1. The zero-order valence-electron chi connectivity index (χ0n) is 7.00. The first-order chi connectivity index (χ1) is 6.27. The van der Waals surface area contributed by atoms with E-state index in [1.165, 1.54) is 19.2 Å². The van der Waals surface area contributed by atoms with Crippen LogP contribution in [0.3, 0.4) is 0 Å². The van der Waals surface area contributed by atoms with Crippen molar-refractivity contribution < 1.29 is 13.9 Å². The quantitative estimate of drug-likeness (QED) is 0.479. The summed E-state index contributed by atoms with van der Waals surface area (Å²) in [6.45, 7) is 0. The maximum atomic E-state index is 13.1. The SMILES string of the molecule is COc1ccc(C#CC=O)c(F)c1. The van der Waals surface area contributed by atoms with E-state index in [2.05, 4.69) is 11.8 Å². The lowest BCUT2D eigenvalue weighted by Crippen LogP contribution is -1.87. The van der Waals surface area contributed by atoms with Crippen molar-refractivity contribution in [3.05, 3.63) is 29.6 Å². The van der Waals surface area contributed by atoms with Crippen LogP contribution in [0.5, 0.6) is 5.75 Å². The van der Waals surface area contributed by atoms with Gasteiger partial charge < -0.3 is 4.74 Å². The summed E-state index contributed by atoms with van der Waals surface area (Å²) >= 11 is 0. The van der Waals surface area contributed by atoms with E-state index in [9.17, 15) is 9.18 Å². The summed E-state index contributed by atoms with van der Waals surface area (Å²) in [5, 5.41) is 0. The topological polar surface area (TPSA) is 26.3 Å². The van der Waals surface area contributed by atoms with Crippen molar-refractivity contribution >= 4 is 6.29 Å². The van der Waals surface area contributed by atoms with E-state index in [4.69, 9.17) is 4.74 Å². The van der Waals surface area contributed by atoms with Crippen LogP contribution in [0.2, 0.25) is 0 Å². The molecule has 0 saturated heterocycles. The van der Waals surface area contributed by atoms with Crippen molar-refractivity contribution in [1.29, 1.82) is 0 Å². The molecule has 0 amide bonds. The molecule has 0 aliphatic carbocycles. The number of methoxy groups -OCH3 is 1. The third-order valence-electron chi connectivity index (χ3n) is 1.44. The van der Waals surface area contributed by atoms with Gasteiger partial charge in [-0.3, -0.25) is 4.79 Å². The van der Waals surface area contributed by atoms with Gasteiger partial charge in [0.25, 0.3) is 0 Å². The Bertz CT molecular complexity index is 374. The molecule has 2 nitrogen and oxygen atoms in total. The molecular weight excluding hydrogens is 171 g/mol. The van der Waals surface area contributed by atoms with Gasteiger partial charge in [-0.15, -0.1) is 0 Å². The van der Waals surface area contributed by atoms with Crippen LogP contribution in [-0.2, 0) is 4.79 Å². The molecule has 0 aliphatic rings. The highest BCUT2D eigenvalue weighted by Crippen LogP contribution is 2.14. The average Bonchev–Trinajstić information content (AvgIpc) is 2.16. The van der Waals surface area contributed by atoms with Crippen molar-refractivity contribution in [2.24, 2.45) is 0 Å². The number of carbonyl (C=O) groups is 1. The van der Waals surface area contributed by atoms with Crippen LogP contribution in [0.25, 0.3) is 0 Å².